The number of carbonyl (C=O) groups is 1. The van der Waals surface area contributed by atoms with Gasteiger partial charge in [0.15, 0.2) is 5.82 Å². The Hall–Kier alpha value is -2.63. The monoisotopic (exact) mass is 244 g/mol. The molecule has 0 amide bonds. The number of hydrogen-bond acceptors (Lipinski definition) is 4. The van der Waals surface area contributed by atoms with Crippen LogP contribution in [-0.4, -0.2) is 20.6 Å². The van der Waals surface area contributed by atoms with Crippen molar-refractivity contribution < 1.29 is 14.6 Å². The third-order valence-electron chi connectivity index (χ3n) is 2.68. The second-order valence-corrected chi connectivity index (χ2v) is 3.79. The molecular formula is C12H8N2O4. The highest BCUT2D eigenvalue weighted by atomic mass is 16.5. The van der Waals surface area contributed by atoms with E-state index >= 15 is 0 Å². The number of carboxylic acid groups (broad SMARTS) is 1. The summed E-state index contributed by atoms with van der Waals surface area (Å²) in [6.07, 6.45) is 0. The summed E-state index contributed by atoms with van der Waals surface area (Å²) in [7, 11) is 0. The van der Waals surface area contributed by atoms with Crippen molar-refractivity contribution in [3.63, 3.8) is 0 Å². The molecule has 1 aromatic heterocycles. The number of ether oxygens (including phenoxy) is 1. The SMILES string of the molecule is O=C(O)c1cc(=O)nc2n1-c1ccccc1OC2. The zero-order chi connectivity index (χ0) is 12.7. The number of para-hydroxylation sites is 2. The molecule has 0 saturated heterocycles. The molecule has 1 aliphatic heterocycles. The maximum Gasteiger partial charge on any atom is 0.353 e. The van der Waals surface area contributed by atoms with Crippen molar-refractivity contribution in [3.05, 3.63) is 52.2 Å². The summed E-state index contributed by atoms with van der Waals surface area (Å²) < 4.78 is 6.86. The summed E-state index contributed by atoms with van der Waals surface area (Å²) in [5.74, 6) is -0.316. The first-order chi connectivity index (χ1) is 8.66. The van der Waals surface area contributed by atoms with Gasteiger partial charge >= 0.3 is 5.97 Å². The van der Waals surface area contributed by atoms with E-state index in [4.69, 9.17) is 9.84 Å². The van der Waals surface area contributed by atoms with Crippen molar-refractivity contribution in [2.45, 2.75) is 6.61 Å². The first kappa shape index (κ1) is 10.5. The topological polar surface area (TPSA) is 81.4 Å². The van der Waals surface area contributed by atoms with Crippen molar-refractivity contribution in [1.29, 1.82) is 0 Å². The van der Waals surface area contributed by atoms with Gasteiger partial charge in [0.25, 0.3) is 5.56 Å². The highest BCUT2D eigenvalue weighted by Crippen LogP contribution is 2.29. The summed E-state index contributed by atoms with van der Waals surface area (Å²) >= 11 is 0. The number of carboxylic acids is 1. The van der Waals surface area contributed by atoms with Gasteiger partial charge in [0, 0.05) is 6.07 Å². The third kappa shape index (κ3) is 1.46. The Balaban J connectivity index is 2.38. The number of aromatic carboxylic acids is 1. The quantitative estimate of drug-likeness (QED) is 0.803. The number of aromatic nitrogens is 2. The molecule has 0 atom stereocenters. The summed E-state index contributed by atoms with van der Waals surface area (Å²) in [5.41, 5.74) is -0.119. The predicted octanol–water partition coefficient (Wildman–Crippen LogP) is 0.823. The van der Waals surface area contributed by atoms with Gasteiger partial charge in [0.05, 0.1) is 5.69 Å². The molecule has 0 fully saturated rings. The Morgan fingerprint density at radius 3 is 2.94 bits per heavy atom. The average Bonchev–Trinajstić information content (AvgIpc) is 2.37. The summed E-state index contributed by atoms with van der Waals surface area (Å²) in [4.78, 5) is 26.3. The van der Waals surface area contributed by atoms with Crippen molar-refractivity contribution in [1.82, 2.24) is 9.55 Å². The van der Waals surface area contributed by atoms with Crippen LogP contribution in [0.15, 0.2) is 35.1 Å². The Bertz CT molecular complexity index is 705. The molecule has 6 heteroatoms. The number of hydrogen-bond donors (Lipinski definition) is 1. The average molecular weight is 244 g/mol. The molecule has 2 aromatic rings. The minimum atomic E-state index is -1.17. The van der Waals surface area contributed by atoms with Gasteiger partial charge in [-0.25, -0.2) is 4.79 Å². The lowest BCUT2D eigenvalue weighted by Crippen LogP contribution is -2.26. The predicted molar refractivity (Wildman–Crippen MR) is 61.1 cm³/mol. The van der Waals surface area contributed by atoms with Crippen LogP contribution in [0, 0.1) is 0 Å². The molecule has 0 radical (unpaired) electrons. The van der Waals surface area contributed by atoms with Gasteiger partial charge in [-0.2, -0.15) is 4.98 Å². The fraction of sp³-hybridized carbons (Fsp3) is 0.0833. The van der Waals surface area contributed by atoms with Crippen LogP contribution in [0.3, 0.4) is 0 Å². The molecule has 0 bridgehead atoms. The van der Waals surface area contributed by atoms with Crippen LogP contribution in [0.2, 0.25) is 0 Å². The van der Waals surface area contributed by atoms with Crippen molar-refractivity contribution in [2.24, 2.45) is 0 Å². The van der Waals surface area contributed by atoms with Gasteiger partial charge in [0.2, 0.25) is 0 Å². The highest BCUT2D eigenvalue weighted by molar-refractivity contribution is 5.86. The van der Waals surface area contributed by atoms with E-state index in [1.165, 1.54) is 4.57 Å². The smallest absolute Gasteiger partial charge is 0.353 e. The molecule has 0 aliphatic carbocycles. The molecule has 2 heterocycles. The molecule has 3 rings (SSSR count). The number of nitrogens with zero attached hydrogens (tertiary/aromatic N) is 2. The van der Waals surface area contributed by atoms with Gasteiger partial charge in [-0.3, -0.25) is 9.36 Å². The van der Waals surface area contributed by atoms with E-state index in [0.29, 0.717) is 17.3 Å². The molecule has 0 spiro atoms. The van der Waals surface area contributed by atoms with Crippen LogP contribution >= 0.6 is 0 Å². The molecule has 6 nitrogen and oxygen atoms in total. The van der Waals surface area contributed by atoms with Crippen LogP contribution in [0.4, 0.5) is 0 Å². The number of fused-ring (bicyclic) bond motifs is 3. The van der Waals surface area contributed by atoms with Gasteiger partial charge in [0.1, 0.15) is 18.1 Å². The van der Waals surface area contributed by atoms with E-state index in [0.717, 1.165) is 6.07 Å². The zero-order valence-electron chi connectivity index (χ0n) is 9.16. The minimum Gasteiger partial charge on any atom is -0.483 e. The number of rotatable bonds is 1. The maximum absolute atomic E-state index is 11.3. The molecule has 1 N–H and O–H groups in total. The minimum absolute atomic E-state index is 0.0768. The van der Waals surface area contributed by atoms with E-state index in [9.17, 15) is 9.59 Å². The molecule has 1 aromatic carbocycles. The summed E-state index contributed by atoms with van der Waals surface area (Å²) in [6.45, 7) is 0.0768. The molecular weight excluding hydrogens is 236 g/mol. The van der Waals surface area contributed by atoms with Gasteiger partial charge in [-0.05, 0) is 12.1 Å². The lowest BCUT2D eigenvalue weighted by atomic mass is 10.2. The Labute approximate surface area is 101 Å². The van der Waals surface area contributed by atoms with Crippen LogP contribution in [0.25, 0.3) is 5.69 Å². The van der Waals surface area contributed by atoms with Crippen molar-refractivity contribution in [3.8, 4) is 11.4 Å². The summed E-state index contributed by atoms with van der Waals surface area (Å²) in [5, 5.41) is 9.16. The Morgan fingerprint density at radius 2 is 2.17 bits per heavy atom. The van der Waals surface area contributed by atoms with E-state index in [-0.39, 0.29) is 12.3 Å². The third-order valence-corrected chi connectivity index (χ3v) is 2.68. The fourth-order valence-corrected chi connectivity index (χ4v) is 1.96. The van der Waals surface area contributed by atoms with E-state index in [1.54, 1.807) is 24.3 Å². The van der Waals surface area contributed by atoms with E-state index < -0.39 is 11.5 Å². The van der Waals surface area contributed by atoms with Crippen LogP contribution in [-0.2, 0) is 6.61 Å². The van der Waals surface area contributed by atoms with Crippen molar-refractivity contribution >= 4 is 5.97 Å². The van der Waals surface area contributed by atoms with E-state index in [1.807, 2.05) is 0 Å². The molecule has 0 saturated carbocycles. The molecule has 1 aliphatic rings. The molecule has 18 heavy (non-hydrogen) atoms. The van der Waals surface area contributed by atoms with Gasteiger partial charge in [-0.1, -0.05) is 12.1 Å². The van der Waals surface area contributed by atoms with Crippen LogP contribution in [0.5, 0.6) is 5.75 Å². The second kappa shape index (κ2) is 3.69. The highest BCUT2D eigenvalue weighted by Gasteiger charge is 2.22. The van der Waals surface area contributed by atoms with Crippen LogP contribution in [0.1, 0.15) is 16.3 Å². The summed E-state index contributed by atoms with van der Waals surface area (Å²) in [6, 6.07) is 8.02. The maximum atomic E-state index is 11.3. The van der Waals surface area contributed by atoms with E-state index in [2.05, 4.69) is 4.98 Å². The molecule has 90 valence electrons. The first-order valence-corrected chi connectivity index (χ1v) is 5.25. The molecule has 0 unspecified atom stereocenters. The van der Waals surface area contributed by atoms with Crippen LogP contribution < -0.4 is 10.3 Å². The van der Waals surface area contributed by atoms with Crippen molar-refractivity contribution in [2.75, 3.05) is 0 Å². The van der Waals surface area contributed by atoms with Gasteiger partial charge < -0.3 is 9.84 Å². The van der Waals surface area contributed by atoms with Gasteiger partial charge in [-0.15, -0.1) is 0 Å². The first-order valence-electron chi connectivity index (χ1n) is 5.25. The Morgan fingerprint density at radius 1 is 1.39 bits per heavy atom. The lowest BCUT2D eigenvalue weighted by Gasteiger charge is -2.23. The zero-order valence-corrected chi connectivity index (χ0v) is 9.16. The standard InChI is InChI=1S/C12H8N2O4/c15-11-5-8(12(16)17)14-7-3-1-2-4-9(7)18-6-10(14)13-11/h1-5H,6H2,(H,16,17). The Kier molecular flexibility index (Phi) is 2.16. The lowest BCUT2D eigenvalue weighted by molar-refractivity contribution is 0.0684. The largest absolute Gasteiger partial charge is 0.483 e. The second-order valence-electron chi connectivity index (χ2n) is 3.79. The fourth-order valence-electron chi connectivity index (χ4n) is 1.96. The normalized spacial score (nSPS) is 12.2. The number of benzene rings is 1.